The topological polar surface area (TPSA) is 102 Å². The molecule has 158 valence electrons. The molecule has 0 spiro atoms. The summed E-state index contributed by atoms with van der Waals surface area (Å²) < 4.78 is 16.3. The molecule has 1 amide bonds. The number of aromatic amines is 1. The molecule has 2 aromatic carbocycles. The van der Waals surface area contributed by atoms with Gasteiger partial charge in [0.15, 0.2) is 0 Å². The Balaban J connectivity index is 1.55. The number of benzene rings is 2. The van der Waals surface area contributed by atoms with Crippen LogP contribution in [0.4, 0.5) is 4.39 Å². The molecule has 8 nitrogen and oxygen atoms in total. The number of imidazole rings is 1. The number of amides is 1. The van der Waals surface area contributed by atoms with E-state index in [-0.39, 0.29) is 30.2 Å². The first-order chi connectivity index (χ1) is 14.9. The molecule has 0 saturated carbocycles. The van der Waals surface area contributed by atoms with Crippen LogP contribution in [-0.2, 0) is 18.4 Å². The van der Waals surface area contributed by atoms with Crippen molar-refractivity contribution in [3.05, 3.63) is 98.8 Å². The van der Waals surface area contributed by atoms with Gasteiger partial charge in [0.1, 0.15) is 17.7 Å². The predicted molar refractivity (Wildman–Crippen MR) is 113 cm³/mol. The van der Waals surface area contributed by atoms with Gasteiger partial charge >= 0.3 is 0 Å². The lowest BCUT2D eigenvalue weighted by atomic mass is 10.1. The number of carbonyl (C=O) groups excluding carboxylic acids is 1. The number of hydrogen-bond donors (Lipinski definition) is 2. The molecule has 2 aromatic heterocycles. The fourth-order valence-corrected chi connectivity index (χ4v) is 3.46. The lowest BCUT2D eigenvalue weighted by Gasteiger charge is -2.19. The van der Waals surface area contributed by atoms with Gasteiger partial charge in [0, 0.05) is 25.9 Å². The van der Waals surface area contributed by atoms with Crippen LogP contribution in [0, 0.1) is 5.82 Å². The SMILES string of the molecule is Cn1ccnc1[C@H](NC(=O)CCn1[nH]c(=O)c2ccccc2c1=O)c1ccc(F)cc1. The molecule has 0 aliphatic rings. The number of halogens is 1. The summed E-state index contributed by atoms with van der Waals surface area (Å²) in [6, 6.07) is 11.7. The van der Waals surface area contributed by atoms with E-state index in [0.29, 0.717) is 22.2 Å². The van der Waals surface area contributed by atoms with Crippen LogP contribution in [0.15, 0.2) is 70.5 Å². The van der Waals surface area contributed by atoms with E-state index in [9.17, 15) is 18.8 Å². The Bertz CT molecular complexity index is 1350. The maximum absolute atomic E-state index is 13.4. The number of carbonyl (C=O) groups is 1. The van der Waals surface area contributed by atoms with Gasteiger partial charge in [-0.05, 0) is 29.8 Å². The number of hydrogen-bond acceptors (Lipinski definition) is 4. The minimum Gasteiger partial charge on any atom is -0.342 e. The lowest BCUT2D eigenvalue weighted by molar-refractivity contribution is -0.121. The van der Waals surface area contributed by atoms with Crippen LogP contribution < -0.4 is 16.4 Å². The fourth-order valence-electron chi connectivity index (χ4n) is 3.46. The molecule has 9 heteroatoms. The van der Waals surface area contributed by atoms with Gasteiger partial charge in [-0.3, -0.25) is 19.5 Å². The van der Waals surface area contributed by atoms with Crippen molar-refractivity contribution in [1.29, 1.82) is 0 Å². The Hall–Kier alpha value is -4.01. The second-order valence-corrected chi connectivity index (χ2v) is 7.14. The molecule has 1 atom stereocenters. The van der Waals surface area contributed by atoms with E-state index in [1.54, 1.807) is 60.4 Å². The third kappa shape index (κ3) is 4.16. The van der Waals surface area contributed by atoms with Crippen LogP contribution in [-0.4, -0.2) is 25.2 Å². The fraction of sp³-hybridized carbons (Fsp3) is 0.182. The third-order valence-electron chi connectivity index (χ3n) is 5.07. The van der Waals surface area contributed by atoms with E-state index in [4.69, 9.17) is 0 Å². The largest absolute Gasteiger partial charge is 0.342 e. The molecular formula is C22H20FN5O3. The summed E-state index contributed by atoms with van der Waals surface area (Å²) >= 11 is 0. The monoisotopic (exact) mass is 421 g/mol. The van der Waals surface area contributed by atoms with Crippen molar-refractivity contribution in [2.45, 2.75) is 19.0 Å². The Morgan fingerprint density at radius 3 is 2.52 bits per heavy atom. The molecule has 0 aliphatic heterocycles. The van der Waals surface area contributed by atoms with E-state index in [1.165, 1.54) is 12.1 Å². The van der Waals surface area contributed by atoms with Gasteiger partial charge in [-0.15, -0.1) is 0 Å². The minimum atomic E-state index is -0.597. The number of H-pyrrole nitrogens is 1. The first-order valence-corrected chi connectivity index (χ1v) is 9.68. The van der Waals surface area contributed by atoms with Crippen molar-refractivity contribution >= 4 is 16.7 Å². The zero-order valence-corrected chi connectivity index (χ0v) is 16.7. The van der Waals surface area contributed by atoms with E-state index in [2.05, 4.69) is 15.4 Å². The highest BCUT2D eigenvalue weighted by molar-refractivity contribution is 5.80. The van der Waals surface area contributed by atoms with Gasteiger partial charge in [-0.2, -0.15) is 0 Å². The normalized spacial score (nSPS) is 12.1. The van der Waals surface area contributed by atoms with E-state index in [0.717, 1.165) is 4.68 Å². The molecule has 0 fully saturated rings. The first kappa shape index (κ1) is 20.3. The highest BCUT2D eigenvalue weighted by Crippen LogP contribution is 2.21. The second-order valence-electron chi connectivity index (χ2n) is 7.14. The molecule has 0 radical (unpaired) electrons. The number of rotatable bonds is 6. The number of nitrogens with one attached hydrogen (secondary N) is 2. The van der Waals surface area contributed by atoms with Crippen molar-refractivity contribution < 1.29 is 9.18 Å². The molecule has 4 rings (SSSR count). The summed E-state index contributed by atoms with van der Waals surface area (Å²) in [6.07, 6.45) is 3.31. The Kier molecular flexibility index (Phi) is 5.48. The zero-order chi connectivity index (χ0) is 22.0. The molecule has 2 N–H and O–H groups in total. The first-order valence-electron chi connectivity index (χ1n) is 9.68. The second kappa shape index (κ2) is 8.39. The van der Waals surface area contributed by atoms with Crippen LogP contribution in [0.1, 0.15) is 23.9 Å². The number of fused-ring (bicyclic) bond motifs is 1. The van der Waals surface area contributed by atoms with Crippen molar-refractivity contribution in [2.75, 3.05) is 0 Å². The third-order valence-corrected chi connectivity index (χ3v) is 5.07. The van der Waals surface area contributed by atoms with E-state index >= 15 is 0 Å². The molecule has 31 heavy (non-hydrogen) atoms. The molecule has 2 heterocycles. The summed E-state index contributed by atoms with van der Waals surface area (Å²) in [7, 11) is 1.80. The van der Waals surface area contributed by atoms with Gasteiger partial charge in [-0.25, -0.2) is 14.1 Å². The molecular weight excluding hydrogens is 401 g/mol. The molecule has 0 aliphatic carbocycles. The highest BCUT2D eigenvalue weighted by Gasteiger charge is 2.21. The maximum Gasteiger partial charge on any atom is 0.273 e. The predicted octanol–water partition coefficient (Wildman–Crippen LogP) is 1.86. The van der Waals surface area contributed by atoms with E-state index in [1.807, 2.05) is 0 Å². The molecule has 0 bridgehead atoms. The lowest BCUT2D eigenvalue weighted by Crippen LogP contribution is -2.34. The summed E-state index contributed by atoms with van der Waals surface area (Å²) in [6.45, 7) is 0.00143. The number of nitrogens with zero attached hydrogens (tertiary/aromatic N) is 3. The average molecular weight is 421 g/mol. The van der Waals surface area contributed by atoms with E-state index < -0.39 is 11.6 Å². The van der Waals surface area contributed by atoms with Crippen molar-refractivity contribution in [3.63, 3.8) is 0 Å². The summed E-state index contributed by atoms with van der Waals surface area (Å²) in [5, 5.41) is 6.00. The van der Waals surface area contributed by atoms with Crippen LogP contribution in [0.25, 0.3) is 10.8 Å². The summed E-state index contributed by atoms with van der Waals surface area (Å²) in [4.78, 5) is 41.8. The van der Waals surface area contributed by atoms with Crippen molar-refractivity contribution in [3.8, 4) is 0 Å². The standard InChI is InChI=1S/C22H20FN5O3/c1-27-13-11-24-20(27)19(14-6-8-15(23)9-7-14)25-18(29)10-12-28-22(31)17-5-3-2-4-16(17)21(30)26-28/h2-9,11,13,19H,10,12H2,1H3,(H,25,29)(H,26,30)/t19-/m1/s1. The minimum absolute atomic E-state index is 0.00143. The van der Waals surface area contributed by atoms with Crippen LogP contribution in [0.3, 0.4) is 0 Å². The van der Waals surface area contributed by atoms with Crippen molar-refractivity contribution in [2.24, 2.45) is 7.05 Å². The van der Waals surface area contributed by atoms with Gasteiger partial charge in [0.2, 0.25) is 5.91 Å². The highest BCUT2D eigenvalue weighted by atomic mass is 19.1. The Morgan fingerprint density at radius 2 is 1.84 bits per heavy atom. The number of aryl methyl sites for hydroxylation is 2. The van der Waals surface area contributed by atoms with Gasteiger partial charge in [-0.1, -0.05) is 24.3 Å². The van der Waals surface area contributed by atoms with Crippen LogP contribution in [0.5, 0.6) is 0 Å². The van der Waals surface area contributed by atoms with Gasteiger partial charge in [0.25, 0.3) is 11.1 Å². The van der Waals surface area contributed by atoms with Crippen LogP contribution in [0.2, 0.25) is 0 Å². The average Bonchev–Trinajstić information content (AvgIpc) is 3.20. The Morgan fingerprint density at radius 1 is 1.13 bits per heavy atom. The summed E-state index contributed by atoms with van der Waals surface area (Å²) in [5.41, 5.74) is -0.102. The zero-order valence-electron chi connectivity index (χ0n) is 16.7. The molecule has 4 aromatic rings. The quantitative estimate of drug-likeness (QED) is 0.496. The Labute approximate surface area is 176 Å². The molecule has 0 unspecified atom stereocenters. The number of aromatic nitrogens is 4. The maximum atomic E-state index is 13.4. The molecule has 0 saturated heterocycles. The van der Waals surface area contributed by atoms with Gasteiger partial charge < -0.3 is 9.88 Å². The van der Waals surface area contributed by atoms with Crippen LogP contribution >= 0.6 is 0 Å². The summed E-state index contributed by atoms with van der Waals surface area (Å²) in [5.74, 6) is -0.150. The smallest absolute Gasteiger partial charge is 0.273 e. The van der Waals surface area contributed by atoms with Crippen molar-refractivity contribution in [1.82, 2.24) is 24.6 Å². The van der Waals surface area contributed by atoms with Gasteiger partial charge in [0.05, 0.1) is 17.3 Å².